The first kappa shape index (κ1) is 20.3. The molecule has 1 aliphatic rings. The van der Waals surface area contributed by atoms with E-state index in [2.05, 4.69) is 5.32 Å². The van der Waals surface area contributed by atoms with Crippen molar-refractivity contribution in [1.82, 2.24) is 10.2 Å². The van der Waals surface area contributed by atoms with E-state index in [1.807, 2.05) is 11.8 Å². The van der Waals surface area contributed by atoms with E-state index in [9.17, 15) is 9.59 Å². The van der Waals surface area contributed by atoms with E-state index >= 15 is 0 Å². The molecule has 1 aliphatic heterocycles. The monoisotopic (exact) mass is 356 g/mol. The van der Waals surface area contributed by atoms with Gasteiger partial charge in [0.25, 0.3) is 0 Å². The topological polar surface area (TPSA) is 67.9 Å². The van der Waals surface area contributed by atoms with Crippen LogP contribution in [0.15, 0.2) is 18.2 Å². The van der Waals surface area contributed by atoms with Crippen LogP contribution in [0.5, 0.6) is 11.5 Å². The van der Waals surface area contributed by atoms with Gasteiger partial charge in [-0.2, -0.15) is 0 Å². The van der Waals surface area contributed by atoms with Gasteiger partial charge in [0.1, 0.15) is 0 Å². The number of piperazine rings is 1. The number of methoxy groups -OCH3 is 2. The number of hydrogen-bond donors (Lipinski definition) is 1. The Morgan fingerprint density at radius 1 is 1.21 bits per heavy atom. The molecule has 134 valence electrons. The van der Waals surface area contributed by atoms with Crippen molar-refractivity contribution in [3.8, 4) is 11.5 Å². The highest BCUT2D eigenvalue weighted by atomic mass is 35.5. The van der Waals surface area contributed by atoms with Crippen molar-refractivity contribution in [3.05, 3.63) is 23.8 Å². The zero-order chi connectivity index (χ0) is 16.8. The van der Waals surface area contributed by atoms with Crippen LogP contribution in [0.25, 0.3) is 0 Å². The Kier molecular flexibility index (Phi) is 8.01. The molecule has 0 bridgehead atoms. The summed E-state index contributed by atoms with van der Waals surface area (Å²) in [6.07, 6.45) is 0.433. The quantitative estimate of drug-likeness (QED) is 0.788. The van der Waals surface area contributed by atoms with Crippen LogP contribution in [-0.4, -0.2) is 56.5 Å². The molecule has 1 saturated heterocycles. The van der Waals surface area contributed by atoms with Crippen molar-refractivity contribution in [2.75, 3.05) is 33.9 Å². The molecule has 2 rings (SSSR count). The van der Waals surface area contributed by atoms with Gasteiger partial charge >= 0.3 is 0 Å². The first-order chi connectivity index (χ1) is 11.1. The summed E-state index contributed by atoms with van der Waals surface area (Å²) in [6, 6.07) is 5.22. The molecule has 0 aliphatic carbocycles. The van der Waals surface area contributed by atoms with Crippen molar-refractivity contribution in [2.45, 2.75) is 25.8 Å². The van der Waals surface area contributed by atoms with Gasteiger partial charge < -0.3 is 19.7 Å². The maximum absolute atomic E-state index is 12.3. The Bertz CT molecular complexity index is 580. The molecule has 1 atom stereocenters. The fourth-order valence-electron chi connectivity index (χ4n) is 2.73. The predicted octanol–water partition coefficient (Wildman–Crippen LogP) is 1.91. The molecular weight excluding hydrogens is 332 g/mol. The Morgan fingerprint density at radius 3 is 2.54 bits per heavy atom. The maximum atomic E-state index is 12.3. The van der Waals surface area contributed by atoms with Crippen LogP contribution in [-0.2, 0) is 4.79 Å². The Labute approximate surface area is 148 Å². The number of carbonyl (C=O) groups excluding carboxylic acids is 2. The minimum atomic E-state index is -0.0675. The number of carbonyl (C=O) groups is 2. The van der Waals surface area contributed by atoms with Crippen LogP contribution < -0.4 is 14.8 Å². The zero-order valence-corrected chi connectivity index (χ0v) is 15.1. The van der Waals surface area contributed by atoms with Crippen LogP contribution in [0.4, 0.5) is 0 Å². The highest BCUT2D eigenvalue weighted by Crippen LogP contribution is 2.28. The molecule has 24 heavy (non-hydrogen) atoms. The number of halogens is 1. The summed E-state index contributed by atoms with van der Waals surface area (Å²) >= 11 is 0. The second-order valence-electron chi connectivity index (χ2n) is 5.63. The molecule has 1 heterocycles. The molecule has 1 fully saturated rings. The Balaban J connectivity index is 0.00000288. The Morgan fingerprint density at radius 2 is 1.92 bits per heavy atom. The van der Waals surface area contributed by atoms with Gasteiger partial charge in [-0.15, -0.1) is 12.4 Å². The largest absolute Gasteiger partial charge is 0.493 e. The molecule has 1 N–H and O–H groups in total. The van der Waals surface area contributed by atoms with Gasteiger partial charge in [-0.05, 0) is 25.1 Å². The first-order valence-corrected chi connectivity index (χ1v) is 7.82. The summed E-state index contributed by atoms with van der Waals surface area (Å²) < 4.78 is 10.4. The fraction of sp³-hybridized carbons (Fsp3) is 0.529. The number of nitrogens with one attached hydrogen (secondary N) is 1. The second kappa shape index (κ2) is 9.49. The van der Waals surface area contributed by atoms with Crippen LogP contribution >= 0.6 is 12.4 Å². The van der Waals surface area contributed by atoms with Crippen molar-refractivity contribution < 1.29 is 19.1 Å². The number of amides is 1. The van der Waals surface area contributed by atoms with Crippen LogP contribution in [0.3, 0.4) is 0 Å². The average molecular weight is 357 g/mol. The first-order valence-electron chi connectivity index (χ1n) is 7.82. The normalized spacial score (nSPS) is 17.0. The standard InChI is InChI=1S/C17H24N2O4.ClH/c1-12-11-18-8-9-19(12)17(21)7-5-14(20)13-4-6-15(22-2)16(10-13)23-3;/h4,6,10,12,18H,5,7-9,11H2,1-3H3;1H/t12-;/m1./s1. The number of ketones is 1. The third kappa shape index (κ3) is 4.85. The molecule has 0 radical (unpaired) electrons. The lowest BCUT2D eigenvalue weighted by molar-refractivity contribution is -0.133. The van der Waals surface area contributed by atoms with Crippen LogP contribution in [0.1, 0.15) is 30.1 Å². The van der Waals surface area contributed by atoms with E-state index in [1.165, 1.54) is 7.11 Å². The van der Waals surface area contributed by atoms with Crippen molar-refractivity contribution in [2.24, 2.45) is 0 Å². The minimum Gasteiger partial charge on any atom is -0.493 e. The molecule has 0 saturated carbocycles. The summed E-state index contributed by atoms with van der Waals surface area (Å²) in [5, 5.41) is 3.25. The van der Waals surface area contributed by atoms with Crippen molar-refractivity contribution in [3.63, 3.8) is 0 Å². The SMILES string of the molecule is COc1ccc(C(=O)CCC(=O)N2CCNC[C@H]2C)cc1OC.Cl. The van der Waals surface area contributed by atoms with Gasteiger partial charge in [-0.25, -0.2) is 0 Å². The minimum absolute atomic E-state index is 0. The fourth-order valence-corrected chi connectivity index (χ4v) is 2.73. The summed E-state index contributed by atoms with van der Waals surface area (Å²) in [7, 11) is 3.08. The molecule has 1 aromatic rings. The van der Waals surface area contributed by atoms with Crippen LogP contribution in [0.2, 0.25) is 0 Å². The zero-order valence-electron chi connectivity index (χ0n) is 14.3. The van der Waals surface area contributed by atoms with Gasteiger partial charge in [0.2, 0.25) is 5.91 Å². The highest BCUT2D eigenvalue weighted by Gasteiger charge is 2.23. The van der Waals surface area contributed by atoms with Gasteiger partial charge in [0.05, 0.1) is 14.2 Å². The molecule has 0 aromatic heterocycles. The molecular formula is C17H25ClN2O4. The highest BCUT2D eigenvalue weighted by molar-refractivity contribution is 5.98. The number of rotatable bonds is 6. The third-order valence-electron chi connectivity index (χ3n) is 4.09. The van der Waals surface area contributed by atoms with E-state index in [4.69, 9.17) is 9.47 Å². The third-order valence-corrected chi connectivity index (χ3v) is 4.09. The van der Waals surface area contributed by atoms with E-state index in [0.717, 1.165) is 13.1 Å². The van der Waals surface area contributed by atoms with Crippen molar-refractivity contribution in [1.29, 1.82) is 0 Å². The summed E-state index contributed by atoms with van der Waals surface area (Å²) in [5.41, 5.74) is 0.531. The predicted molar refractivity (Wildman–Crippen MR) is 94.4 cm³/mol. The second-order valence-corrected chi connectivity index (χ2v) is 5.63. The number of benzene rings is 1. The average Bonchev–Trinajstić information content (AvgIpc) is 2.59. The molecule has 6 nitrogen and oxygen atoms in total. The van der Waals surface area contributed by atoms with Crippen molar-refractivity contribution >= 4 is 24.1 Å². The molecule has 7 heteroatoms. The molecule has 0 unspecified atom stereocenters. The maximum Gasteiger partial charge on any atom is 0.223 e. The lowest BCUT2D eigenvalue weighted by Crippen LogP contribution is -2.52. The van der Waals surface area contributed by atoms with Gasteiger partial charge in [-0.3, -0.25) is 9.59 Å². The Hall–Kier alpha value is -1.79. The van der Waals surface area contributed by atoms with E-state index in [0.29, 0.717) is 23.6 Å². The van der Waals surface area contributed by atoms with Gasteiger partial charge in [0, 0.05) is 44.1 Å². The van der Waals surface area contributed by atoms with Crippen LogP contribution in [0, 0.1) is 0 Å². The lowest BCUT2D eigenvalue weighted by atomic mass is 10.0. The number of Topliss-reactive ketones (excluding diaryl/α,β-unsaturated/α-hetero) is 1. The summed E-state index contributed by atoms with van der Waals surface area (Å²) in [5.74, 6) is 1.06. The van der Waals surface area contributed by atoms with E-state index in [1.54, 1.807) is 25.3 Å². The number of ether oxygens (including phenoxy) is 2. The van der Waals surface area contributed by atoms with E-state index in [-0.39, 0.29) is 43.0 Å². The molecule has 1 aromatic carbocycles. The number of nitrogens with zero attached hydrogens (tertiary/aromatic N) is 1. The summed E-state index contributed by atoms with van der Waals surface area (Å²) in [6.45, 7) is 4.32. The van der Waals surface area contributed by atoms with E-state index < -0.39 is 0 Å². The van der Waals surface area contributed by atoms with Gasteiger partial charge in [0.15, 0.2) is 17.3 Å². The molecule has 0 spiro atoms. The number of hydrogen-bond acceptors (Lipinski definition) is 5. The smallest absolute Gasteiger partial charge is 0.223 e. The summed E-state index contributed by atoms with van der Waals surface area (Å²) in [4.78, 5) is 26.4. The lowest BCUT2D eigenvalue weighted by Gasteiger charge is -2.34. The van der Waals surface area contributed by atoms with Gasteiger partial charge in [-0.1, -0.05) is 0 Å². The molecule has 1 amide bonds.